The van der Waals surface area contributed by atoms with Crippen LogP contribution >= 0.6 is 15.9 Å². The lowest BCUT2D eigenvalue weighted by Crippen LogP contribution is -2.20. The Morgan fingerprint density at radius 3 is 2.44 bits per heavy atom. The maximum absolute atomic E-state index is 12.9. The third-order valence-electron chi connectivity index (χ3n) is 4.16. The Balaban J connectivity index is 1.55. The summed E-state index contributed by atoms with van der Waals surface area (Å²) in [7, 11) is 1.47. The summed E-state index contributed by atoms with van der Waals surface area (Å²) >= 11 is 3.32. The van der Waals surface area contributed by atoms with Crippen LogP contribution in [0.25, 0.3) is 0 Å². The quantitative estimate of drug-likeness (QED) is 0.355. The molecule has 9 heteroatoms. The maximum Gasteiger partial charge on any atom is 0.271 e. The van der Waals surface area contributed by atoms with Gasteiger partial charge in [0.1, 0.15) is 5.82 Å². The third kappa shape index (κ3) is 6.64. The van der Waals surface area contributed by atoms with Crippen molar-refractivity contribution in [1.82, 2.24) is 5.43 Å². The zero-order valence-electron chi connectivity index (χ0n) is 17.0. The highest BCUT2D eigenvalue weighted by Gasteiger charge is 2.09. The van der Waals surface area contributed by atoms with Crippen molar-refractivity contribution in [2.75, 3.05) is 19.0 Å². The number of rotatable bonds is 8. The van der Waals surface area contributed by atoms with Crippen LogP contribution in [0, 0.1) is 5.82 Å². The van der Waals surface area contributed by atoms with Gasteiger partial charge in [-0.2, -0.15) is 5.10 Å². The monoisotopic (exact) mass is 499 g/mol. The number of hydrazone groups is 1. The molecule has 3 rings (SSSR count). The highest BCUT2D eigenvalue weighted by Crippen LogP contribution is 2.27. The molecule has 0 spiro atoms. The maximum atomic E-state index is 12.9. The number of halogens is 2. The third-order valence-corrected chi connectivity index (χ3v) is 4.69. The Bertz CT molecular complexity index is 1120. The fraction of sp³-hybridized carbons (Fsp3) is 0.0870. The van der Waals surface area contributed by atoms with Gasteiger partial charge < -0.3 is 14.8 Å². The minimum Gasteiger partial charge on any atom is -0.493 e. The molecule has 3 aromatic rings. The lowest BCUT2D eigenvalue weighted by Gasteiger charge is -2.11. The Kier molecular flexibility index (Phi) is 7.93. The van der Waals surface area contributed by atoms with Gasteiger partial charge >= 0.3 is 0 Å². The van der Waals surface area contributed by atoms with Crippen LogP contribution in [0.4, 0.5) is 10.1 Å². The topological polar surface area (TPSA) is 89.0 Å². The van der Waals surface area contributed by atoms with Gasteiger partial charge in [-0.1, -0.05) is 15.9 Å². The molecule has 0 saturated carbocycles. The molecule has 32 heavy (non-hydrogen) atoms. The molecule has 0 atom stereocenters. The van der Waals surface area contributed by atoms with Crippen molar-refractivity contribution >= 4 is 39.6 Å². The summed E-state index contributed by atoms with van der Waals surface area (Å²) in [5.41, 5.74) is 4.05. The molecule has 0 aromatic heterocycles. The molecule has 0 aliphatic rings. The zero-order valence-corrected chi connectivity index (χ0v) is 18.6. The predicted molar refractivity (Wildman–Crippen MR) is 123 cm³/mol. The SMILES string of the molecule is COc1cc(C=NNC(=O)c2ccc(Br)cc2)ccc1OCC(=O)Nc1ccc(F)cc1. The molecule has 0 aliphatic heterocycles. The number of carbonyl (C=O) groups is 2. The van der Waals surface area contributed by atoms with Gasteiger partial charge in [-0.25, -0.2) is 9.82 Å². The van der Waals surface area contributed by atoms with Crippen LogP contribution in [0.5, 0.6) is 11.5 Å². The Labute approximate surface area is 192 Å². The molecule has 2 amide bonds. The van der Waals surface area contributed by atoms with E-state index < -0.39 is 5.91 Å². The lowest BCUT2D eigenvalue weighted by atomic mass is 10.2. The summed E-state index contributed by atoms with van der Waals surface area (Å²) in [5, 5.41) is 6.56. The molecule has 7 nitrogen and oxygen atoms in total. The average Bonchev–Trinajstić information content (AvgIpc) is 2.80. The van der Waals surface area contributed by atoms with Gasteiger partial charge in [-0.05, 0) is 72.3 Å². The number of hydrogen-bond donors (Lipinski definition) is 2. The number of nitrogens with one attached hydrogen (secondary N) is 2. The van der Waals surface area contributed by atoms with Crippen molar-refractivity contribution in [3.8, 4) is 11.5 Å². The van der Waals surface area contributed by atoms with Gasteiger partial charge in [-0.3, -0.25) is 9.59 Å². The minimum atomic E-state index is -0.403. The Hall–Kier alpha value is -3.72. The lowest BCUT2D eigenvalue weighted by molar-refractivity contribution is -0.118. The molecular weight excluding hydrogens is 481 g/mol. The van der Waals surface area contributed by atoms with Crippen molar-refractivity contribution < 1.29 is 23.5 Å². The van der Waals surface area contributed by atoms with Crippen LogP contribution in [0.3, 0.4) is 0 Å². The van der Waals surface area contributed by atoms with Crippen molar-refractivity contribution in [1.29, 1.82) is 0 Å². The van der Waals surface area contributed by atoms with E-state index in [-0.39, 0.29) is 18.3 Å². The van der Waals surface area contributed by atoms with Gasteiger partial charge in [0, 0.05) is 15.7 Å². The number of anilines is 1. The van der Waals surface area contributed by atoms with E-state index in [1.807, 2.05) is 0 Å². The summed E-state index contributed by atoms with van der Waals surface area (Å²) in [5.74, 6) is -0.381. The smallest absolute Gasteiger partial charge is 0.271 e. The second kappa shape index (κ2) is 11.1. The first-order valence-electron chi connectivity index (χ1n) is 9.40. The molecule has 0 radical (unpaired) electrons. The van der Waals surface area contributed by atoms with E-state index in [0.29, 0.717) is 28.3 Å². The van der Waals surface area contributed by atoms with Crippen molar-refractivity contribution in [3.05, 3.63) is 88.1 Å². The molecule has 0 saturated heterocycles. The van der Waals surface area contributed by atoms with E-state index in [0.717, 1.165) is 4.47 Å². The summed E-state index contributed by atoms with van der Waals surface area (Å²) in [6, 6.07) is 17.3. The number of methoxy groups -OCH3 is 1. The number of amides is 2. The van der Waals surface area contributed by atoms with Crippen LogP contribution < -0.4 is 20.2 Å². The predicted octanol–water partition coefficient (Wildman–Crippen LogP) is 4.38. The molecule has 0 fully saturated rings. The van der Waals surface area contributed by atoms with E-state index in [1.165, 1.54) is 37.6 Å². The summed E-state index contributed by atoms with van der Waals surface area (Å²) in [4.78, 5) is 24.1. The highest BCUT2D eigenvalue weighted by atomic mass is 79.9. The zero-order chi connectivity index (χ0) is 22.9. The molecule has 0 aliphatic carbocycles. The van der Waals surface area contributed by atoms with Crippen LogP contribution in [0.2, 0.25) is 0 Å². The normalized spacial score (nSPS) is 10.6. The van der Waals surface area contributed by atoms with Crippen LogP contribution in [-0.2, 0) is 4.79 Å². The second-order valence-corrected chi connectivity index (χ2v) is 7.38. The molecule has 0 bridgehead atoms. The fourth-order valence-corrected chi connectivity index (χ4v) is 2.85. The number of carbonyl (C=O) groups excluding carboxylic acids is 2. The van der Waals surface area contributed by atoms with E-state index in [9.17, 15) is 14.0 Å². The van der Waals surface area contributed by atoms with Crippen molar-refractivity contribution in [3.63, 3.8) is 0 Å². The molecule has 0 unspecified atom stereocenters. The number of benzene rings is 3. The first-order valence-corrected chi connectivity index (χ1v) is 10.2. The van der Waals surface area contributed by atoms with E-state index in [1.54, 1.807) is 42.5 Å². The van der Waals surface area contributed by atoms with Gasteiger partial charge in [0.2, 0.25) is 0 Å². The van der Waals surface area contributed by atoms with Crippen LogP contribution in [0.15, 0.2) is 76.3 Å². The average molecular weight is 500 g/mol. The van der Waals surface area contributed by atoms with E-state index in [2.05, 4.69) is 31.8 Å². The fourth-order valence-electron chi connectivity index (χ4n) is 2.59. The van der Waals surface area contributed by atoms with E-state index in [4.69, 9.17) is 9.47 Å². The summed E-state index contributed by atoms with van der Waals surface area (Å²) < 4.78 is 24.6. The molecule has 164 valence electrons. The summed E-state index contributed by atoms with van der Waals surface area (Å²) in [6.07, 6.45) is 1.46. The molecule has 2 N–H and O–H groups in total. The first-order chi connectivity index (χ1) is 15.4. The van der Waals surface area contributed by atoms with E-state index >= 15 is 0 Å². The van der Waals surface area contributed by atoms with Crippen molar-refractivity contribution in [2.45, 2.75) is 0 Å². The minimum absolute atomic E-state index is 0.260. The molecule has 3 aromatic carbocycles. The first kappa shape index (κ1) is 23.0. The number of ether oxygens (including phenoxy) is 2. The Morgan fingerprint density at radius 2 is 1.75 bits per heavy atom. The van der Waals surface area contributed by atoms with Gasteiger partial charge in [0.05, 0.1) is 13.3 Å². The van der Waals surface area contributed by atoms with Crippen LogP contribution in [-0.4, -0.2) is 31.7 Å². The Morgan fingerprint density at radius 1 is 1.03 bits per heavy atom. The van der Waals surface area contributed by atoms with Gasteiger partial charge in [0.15, 0.2) is 18.1 Å². The highest BCUT2D eigenvalue weighted by molar-refractivity contribution is 9.10. The number of nitrogens with zero attached hydrogens (tertiary/aromatic N) is 1. The van der Waals surface area contributed by atoms with Crippen LogP contribution in [0.1, 0.15) is 15.9 Å². The standard InChI is InChI=1S/C23H19BrFN3O4/c1-31-21-12-15(13-26-28-23(30)16-3-5-17(24)6-4-16)2-11-20(21)32-14-22(29)27-19-9-7-18(25)8-10-19/h2-13H,14H2,1H3,(H,27,29)(H,28,30). The van der Waals surface area contributed by atoms with Gasteiger partial charge in [-0.15, -0.1) is 0 Å². The van der Waals surface area contributed by atoms with Crippen molar-refractivity contribution in [2.24, 2.45) is 5.10 Å². The molecular formula is C23H19BrFN3O4. The largest absolute Gasteiger partial charge is 0.493 e. The molecule has 0 heterocycles. The summed E-state index contributed by atoms with van der Waals surface area (Å²) in [6.45, 7) is -0.260. The number of hydrogen-bond acceptors (Lipinski definition) is 5. The second-order valence-electron chi connectivity index (χ2n) is 6.46. The van der Waals surface area contributed by atoms with Gasteiger partial charge in [0.25, 0.3) is 11.8 Å².